The van der Waals surface area contributed by atoms with E-state index in [0.717, 1.165) is 12.0 Å². The molecular formula is C16H26Si. The Balaban J connectivity index is 2.77. The Morgan fingerprint density at radius 1 is 1.12 bits per heavy atom. The summed E-state index contributed by atoms with van der Waals surface area (Å²) in [7, 11) is -1.25. The van der Waals surface area contributed by atoms with Gasteiger partial charge in [-0.3, -0.25) is 0 Å². The molecule has 0 aliphatic heterocycles. The van der Waals surface area contributed by atoms with E-state index >= 15 is 0 Å². The highest BCUT2D eigenvalue weighted by molar-refractivity contribution is 6.83. The molecule has 17 heavy (non-hydrogen) atoms. The van der Waals surface area contributed by atoms with Crippen molar-refractivity contribution >= 4 is 8.07 Å². The third-order valence-electron chi connectivity index (χ3n) is 3.98. The molecule has 0 saturated heterocycles. The van der Waals surface area contributed by atoms with Crippen LogP contribution in [0.2, 0.25) is 18.6 Å². The van der Waals surface area contributed by atoms with Gasteiger partial charge in [0.15, 0.2) is 0 Å². The lowest BCUT2D eigenvalue weighted by molar-refractivity contribution is 0.763. The highest BCUT2D eigenvalue weighted by Crippen LogP contribution is 2.30. The van der Waals surface area contributed by atoms with Crippen molar-refractivity contribution in [2.24, 2.45) is 0 Å². The molecule has 0 amide bonds. The number of benzene rings is 1. The molecule has 1 rings (SSSR count). The zero-order valence-corrected chi connectivity index (χ0v) is 12.8. The number of aryl methyl sites for hydroxylation is 1. The molecule has 0 radical (unpaired) electrons. The Morgan fingerprint density at radius 3 is 2.06 bits per heavy atom. The van der Waals surface area contributed by atoms with Crippen LogP contribution in [0.4, 0.5) is 0 Å². The summed E-state index contributed by atoms with van der Waals surface area (Å²) in [5.74, 6) is 0. The molecule has 0 fully saturated rings. The van der Waals surface area contributed by atoms with E-state index in [-0.39, 0.29) is 0 Å². The zero-order valence-electron chi connectivity index (χ0n) is 11.8. The van der Waals surface area contributed by atoms with E-state index in [0.29, 0.717) is 0 Å². The minimum absolute atomic E-state index is 0.812. The third-order valence-corrected chi connectivity index (χ3v) is 7.75. The lowest BCUT2D eigenvalue weighted by Gasteiger charge is -2.28. The first kappa shape index (κ1) is 14.2. The highest BCUT2D eigenvalue weighted by Gasteiger charge is 2.27. The molecule has 0 aliphatic rings. The molecule has 0 bridgehead atoms. The summed E-state index contributed by atoms with van der Waals surface area (Å²) in [5.41, 5.74) is 5.97. The molecule has 0 saturated carbocycles. The van der Waals surface area contributed by atoms with E-state index in [4.69, 9.17) is 0 Å². The Hall–Kier alpha value is -0.823. The van der Waals surface area contributed by atoms with Gasteiger partial charge in [-0.2, -0.15) is 0 Å². The van der Waals surface area contributed by atoms with Crippen LogP contribution in [0.25, 0.3) is 0 Å². The molecule has 1 aromatic rings. The topological polar surface area (TPSA) is 0 Å². The summed E-state index contributed by atoms with van der Waals surface area (Å²) < 4.78 is 0. The van der Waals surface area contributed by atoms with Crippen LogP contribution in [0.15, 0.2) is 36.5 Å². The van der Waals surface area contributed by atoms with Gasteiger partial charge in [0.1, 0.15) is 0 Å². The van der Waals surface area contributed by atoms with Crippen LogP contribution in [-0.2, 0) is 12.8 Å². The quantitative estimate of drug-likeness (QED) is 0.619. The number of hydrogen-bond acceptors (Lipinski definition) is 0. The fourth-order valence-electron chi connectivity index (χ4n) is 2.30. The molecule has 1 aromatic carbocycles. The van der Waals surface area contributed by atoms with Crippen molar-refractivity contribution in [1.29, 1.82) is 0 Å². The first-order valence-corrected chi connectivity index (χ1v) is 9.90. The summed E-state index contributed by atoms with van der Waals surface area (Å²) in [5, 5.41) is 0. The van der Waals surface area contributed by atoms with E-state index < -0.39 is 8.07 Å². The minimum Gasteiger partial charge on any atom is -0.107 e. The maximum Gasteiger partial charge on any atom is 0.0743 e. The molecule has 0 N–H and O–H groups in total. The zero-order chi connectivity index (χ0) is 12.9. The summed E-state index contributed by atoms with van der Waals surface area (Å²) in [6.45, 7) is 13.4. The van der Waals surface area contributed by atoms with E-state index in [2.05, 4.69) is 63.5 Å². The van der Waals surface area contributed by atoms with Crippen LogP contribution >= 0.6 is 0 Å². The van der Waals surface area contributed by atoms with Crippen LogP contribution in [0, 0.1) is 0 Å². The van der Waals surface area contributed by atoms with Gasteiger partial charge in [0.25, 0.3) is 0 Å². The number of rotatable bonds is 6. The molecule has 0 heterocycles. The van der Waals surface area contributed by atoms with E-state index in [1.807, 2.05) is 0 Å². The molecule has 0 spiro atoms. The van der Waals surface area contributed by atoms with Gasteiger partial charge in [0, 0.05) is 0 Å². The Morgan fingerprint density at radius 2 is 1.65 bits per heavy atom. The van der Waals surface area contributed by atoms with E-state index in [9.17, 15) is 0 Å². The summed E-state index contributed by atoms with van der Waals surface area (Å²) in [4.78, 5) is 0. The van der Waals surface area contributed by atoms with E-state index in [1.165, 1.54) is 24.0 Å². The third kappa shape index (κ3) is 3.85. The smallest absolute Gasteiger partial charge is 0.0743 e. The lowest BCUT2D eigenvalue weighted by Crippen LogP contribution is -2.31. The van der Waals surface area contributed by atoms with Crippen LogP contribution in [0.3, 0.4) is 0 Å². The number of hydrogen-bond donors (Lipinski definition) is 0. The lowest BCUT2D eigenvalue weighted by atomic mass is 10.1. The van der Waals surface area contributed by atoms with Crippen molar-refractivity contribution in [3.8, 4) is 0 Å². The maximum atomic E-state index is 4.03. The highest BCUT2D eigenvalue weighted by atomic mass is 28.3. The van der Waals surface area contributed by atoms with Gasteiger partial charge in [-0.05, 0) is 29.5 Å². The first-order valence-electron chi connectivity index (χ1n) is 6.74. The fraction of sp³-hybridized carbons (Fsp3) is 0.500. The average molecular weight is 246 g/mol. The van der Waals surface area contributed by atoms with Crippen molar-refractivity contribution in [3.63, 3.8) is 0 Å². The molecular weight excluding hydrogens is 220 g/mol. The molecule has 0 aliphatic carbocycles. The molecule has 1 heteroatoms. The molecule has 0 nitrogen and oxygen atoms in total. The van der Waals surface area contributed by atoms with Gasteiger partial charge in [-0.15, -0.1) is 12.3 Å². The van der Waals surface area contributed by atoms with Crippen molar-refractivity contribution in [3.05, 3.63) is 47.7 Å². The Bertz CT molecular complexity index is 348. The maximum absolute atomic E-state index is 4.03. The first-order chi connectivity index (χ1) is 8.03. The molecule has 1 unspecified atom stereocenters. The summed E-state index contributed by atoms with van der Waals surface area (Å²) >= 11 is 0. The van der Waals surface area contributed by atoms with Crippen molar-refractivity contribution in [1.82, 2.24) is 0 Å². The Labute approximate surface area is 108 Å². The van der Waals surface area contributed by atoms with Crippen molar-refractivity contribution < 1.29 is 0 Å². The average Bonchev–Trinajstić information content (AvgIpc) is 2.36. The predicted molar refractivity (Wildman–Crippen MR) is 81.2 cm³/mol. The normalized spacial score (nSPS) is 13.4. The summed E-state index contributed by atoms with van der Waals surface area (Å²) in [6, 6.07) is 9.14. The predicted octanol–water partition coefficient (Wildman–Crippen LogP) is 5.01. The second kappa shape index (κ2) is 6.20. The molecule has 94 valence electrons. The van der Waals surface area contributed by atoms with Crippen molar-refractivity contribution in [2.45, 2.75) is 51.7 Å². The second-order valence-corrected chi connectivity index (χ2v) is 10.4. The van der Waals surface area contributed by atoms with Gasteiger partial charge < -0.3 is 0 Å². The largest absolute Gasteiger partial charge is 0.107 e. The van der Waals surface area contributed by atoms with Gasteiger partial charge in [0.05, 0.1) is 8.07 Å². The van der Waals surface area contributed by atoms with Gasteiger partial charge in [0.2, 0.25) is 0 Å². The molecule has 1 atom stereocenters. The minimum atomic E-state index is -1.25. The van der Waals surface area contributed by atoms with Gasteiger partial charge in [-0.25, -0.2) is 0 Å². The Kier molecular flexibility index (Phi) is 5.19. The van der Waals surface area contributed by atoms with Crippen molar-refractivity contribution in [2.75, 3.05) is 0 Å². The van der Waals surface area contributed by atoms with Crippen LogP contribution < -0.4 is 0 Å². The summed E-state index contributed by atoms with van der Waals surface area (Å²) in [6.07, 6.45) is 3.61. The monoisotopic (exact) mass is 246 g/mol. The SMILES string of the molecule is C=C[Si](C)(C)C(CC)Cc1ccc(CC)cc1. The van der Waals surface area contributed by atoms with Crippen LogP contribution in [0.1, 0.15) is 31.4 Å². The second-order valence-electron chi connectivity index (χ2n) is 5.50. The van der Waals surface area contributed by atoms with E-state index in [1.54, 1.807) is 0 Å². The van der Waals surface area contributed by atoms with Crippen LogP contribution in [0.5, 0.6) is 0 Å². The van der Waals surface area contributed by atoms with Crippen LogP contribution in [-0.4, -0.2) is 8.07 Å². The van der Waals surface area contributed by atoms with Gasteiger partial charge in [-0.1, -0.05) is 57.6 Å². The standard InChI is InChI=1S/C16H26Si/c1-6-14-9-11-15(12-10-14)13-16(7-2)17(4,5)8-3/h8-12,16H,3,6-7,13H2,1-2,4-5H3. The molecule has 0 aromatic heterocycles. The fourth-order valence-corrected chi connectivity index (χ4v) is 4.44. The van der Waals surface area contributed by atoms with Gasteiger partial charge >= 0.3 is 0 Å².